The third-order valence-electron chi connectivity index (χ3n) is 2.34. The highest BCUT2D eigenvalue weighted by Crippen LogP contribution is 2.26. The van der Waals surface area contributed by atoms with Crippen LogP contribution in [-0.2, 0) is 0 Å². The Hall–Kier alpha value is -1.24. The molecule has 0 heterocycles. The van der Waals surface area contributed by atoms with E-state index in [2.05, 4.69) is 21.0 Å². The van der Waals surface area contributed by atoms with Crippen LogP contribution in [0.25, 0.3) is 10.4 Å². The van der Waals surface area contributed by atoms with Gasteiger partial charge in [-0.15, -0.1) is 0 Å². The SMILES string of the molecule is N#CCCN(CCCN=[N+]=[N-])C1CC1. The molecule has 0 saturated heterocycles. The number of hydrogen-bond donors (Lipinski definition) is 0. The van der Waals surface area contributed by atoms with Gasteiger partial charge in [0.25, 0.3) is 0 Å². The molecule has 0 amide bonds. The molecule has 0 aliphatic heterocycles. The van der Waals surface area contributed by atoms with Crippen molar-refractivity contribution >= 4 is 0 Å². The van der Waals surface area contributed by atoms with Crippen molar-refractivity contribution in [3.05, 3.63) is 10.4 Å². The van der Waals surface area contributed by atoms with Crippen molar-refractivity contribution in [2.75, 3.05) is 19.6 Å². The first-order valence-corrected chi connectivity index (χ1v) is 5.00. The summed E-state index contributed by atoms with van der Waals surface area (Å²) in [5.74, 6) is 0. The van der Waals surface area contributed by atoms with E-state index in [4.69, 9.17) is 10.8 Å². The van der Waals surface area contributed by atoms with Crippen LogP contribution >= 0.6 is 0 Å². The van der Waals surface area contributed by atoms with Crippen LogP contribution in [0.4, 0.5) is 0 Å². The van der Waals surface area contributed by atoms with Gasteiger partial charge in [0.1, 0.15) is 0 Å². The molecule has 0 atom stereocenters. The van der Waals surface area contributed by atoms with Gasteiger partial charge in [-0.3, -0.25) is 4.90 Å². The second-order valence-corrected chi connectivity index (χ2v) is 3.48. The normalized spacial score (nSPS) is 14.9. The molecule has 1 aliphatic rings. The molecule has 0 aromatic heterocycles. The van der Waals surface area contributed by atoms with Gasteiger partial charge in [-0.25, -0.2) is 0 Å². The van der Waals surface area contributed by atoms with E-state index in [1.165, 1.54) is 12.8 Å². The number of rotatable bonds is 7. The first kappa shape index (κ1) is 10.8. The van der Waals surface area contributed by atoms with Crippen molar-refractivity contribution in [2.24, 2.45) is 5.11 Å². The van der Waals surface area contributed by atoms with Gasteiger partial charge < -0.3 is 0 Å². The zero-order valence-electron chi connectivity index (χ0n) is 8.26. The average Bonchev–Trinajstić information content (AvgIpc) is 3.00. The molecule has 1 aliphatic carbocycles. The van der Waals surface area contributed by atoms with Crippen LogP contribution in [0.2, 0.25) is 0 Å². The number of azide groups is 1. The summed E-state index contributed by atoms with van der Waals surface area (Å²) in [5.41, 5.74) is 8.10. The molecule has 0 aromatic rings. The standard InChI is InChI=1S/C9H15N5/c10-5-1-7-14(9-3-4-9)8-2-6-12-13-11/h9H,1-4,6-8H2. The quantitative estimate of drug-likeness (QED) is 0.268. The van der Waals surface area contributed by atoms with Crippen LogP contribution < -0.4 is 0 Å². The van der Waals surface area contributed by atoms with Crippen molar-refractivity contribution in [1.82, 2.24) is 4.90 Å². The van der Waals surface area contributed by atoms with Crippen LogP contribution in [0.5, 0.6) is 0 Å². The summed E-state index contributed by atoms with van der Waals surface area (Å²) in [6.07, 6.45) is 4.00. The fourth-order valence-electron chi connectivity index (χ4n) is 1.50. The molecule has 1 rings (SSSR count). The molecule has 76 valence electrons. The molecular formula is C9H15N5. The van der Waals surface area contributed by atoms with Gasteiger partial charge in [0.2, 0.25) is 0 Å². The van der Waals surface area contributed by atoms with Gasteiger partial charge in [-0.05, 0) is 31.3 Å². The predicted octanol–water partition coefficient (Wildman–Crippen LogP) is 2.06. The van der Waals surface area contributed by atoms with E-state index in [0.717, 1.165) is 19.5 Å². The van der Waals surface area contributed by atoms with Crippen molar-refractivity contribution in [3.63, 3.8) is 0 Å². The maximum Gasteiger partial charge on any atom is 0.0635 e. The van der Waals surface area contributed by atoms with Crippen LogP contribution in [0.15, 0.2) is 5.11 Å². The highest BCUT2D eigenvalue weighted by Gasteiger charge is 2.27. The first-order chi connectivity index (χ1) is 6.88. The van der Waals surface area contributed by atoms with E-state index >= 15 is 0 Å². The Morgan fingerprint density at radius 3 is 2.86 bits per heavy atom. The largest absolute Gasteiger partial charge is 0.299 e. The molecule has 1 fully saturated rings. The summed E-state index contributed by atoms with van der Waals surface area (Å²) in [6.45, 7) is 2.37. The monoisotopic (exact) mass is 193 g/mol. The number of nitrogens with zero attached hydrogens (tertiary/aromatic N) is 5. The van der Waals surface area contributed by atoms with Crippen LogP contribution in [0, 0.1) is 11.3 Å². The minimum Gasteiger partial charge on any atom is -0.299 e. The Bertz CT molecular complexity index is 246. The van der Waals surface area contributed by atoms with E-state index in [0.29, 0.717) is 19.0 Å². The number of nitriles is 1. The molecule has 5 nitrogen and oxygen atoms in total. The average molecular weight is 193 g/mol. The van der Waals surface area contributed by atoms with Crippen LogP contribution in [-0.4, -0.2) is 30.6 Å². The summed E-state index contributed by atoms with van der Waals surface area (Å²) in [5, 5.41) is 12.0. The fourth-order valence-corrected chi connectivity index (χ4v) is 1.50. The lowest BCUT2D eigenvalue weighted by Crippen LogP contribution is -2.28. The second-order valence-electron chi connectivity index (χ2n) is 3.48. The fraction of sp³-hybridized carbons (Fsp3) is 0.889. The highest BCUT2D eigenvalue weighted by molar-refractivity contribution is 4.86. The Morgan fingerprint density at radius 1 is 1.50 bits per heavy atom. The molecule has 14 heavy (non-hydrogen) atoms. The highest BCUT2D eigenvalue weighted by atomic mass is 15.2. The Morgan fingerprint density at radius 2 is 2.29 bits per heavy atom. The van der Waals surface area contributed by atoms with Crippen molar-refractivity contribution in [1.29, 1.82) is 5.26 Å². The maximum absolute atomic E-state index is 8.48. The zero-order valence-corrected chi connectivity index (χ0v) is 8.26. The summed E-state index contributed by atoms with van der Waals surface area (Å²) < 4.78 is 0. The Balaban J connectivity index is 2.15. The minimum atomic E-state index is 0.562. The Kier molecular flexibility index (Phi) is 4.84. The van der Waals surface area contributed by atoms with Crippen molar-refractivity contribution in [3.8, 4) is 6.07 Å². The molecule has 0 aromatic carbocycles. The maximum atomic E-state index is 8.48. The molecule has 0 N–H and O–H groups in total. The molecular weight excluding hydrogens is 178 g/mol. The second kappa shape index (κ2) is 6.25. The first-order valence-electron chi connectivity index (χ1n) is 5.00. The molecule has 5 heteroatoms. The molecule has 0 radical (unpaired) electrons. The van der Waals surface area contributed by atoms with Crippen LogP contribution in [0.3, 0.4) is 0 Å². The van der Waals surface area contributed by atoms with Crippen molar-refractivity contribution in [2.45, 2.75) is 31.7 Å². The van der Waals surface area contributed by atoms with Gasteiger partial charge in [0.15, 0.2) is 0 Å². The summed E-state index contributed by atoms with van der Waals surface area (Å²) in [7, 11) is 0. The van der Waals surface area contributed by atoms with E-state index in [1.54, 1.807) is 0 Å². The third-order valence-corrected chi connectivity index (χ3v) is 2.34. The smallest absolute Gasteiger partial charge is 0.0635 e. The molecule has 0 bridgehead atoms. The number of hydrogen-bond acceptors (Lipinski definition) is 3. The van der Waals surface area contributed by atoms with Gasteiger partial charge in [-0.2, -0.15) is 5.26 Å². The molecule has 0 spiro atoms. The molecule has 1 saturated carbocycles. The van der Waals surface area contributed by atoms with Gasteiger partial charge in [-0.1, -0.05) is 5.11 Å². The summed E-state index contributed by atoms with van der Waals surface area (Å²) >= 11 is 0. The summed E-state index contributed by atoms with van der Waals surface area (Å²) in [6, 6.07) is 2.85. The lowest BCUT2D eigenvalue weighted by molar-refractivity contribution is 0.268. The van der Waals surface area contributed by atoms with E-state index < -0.39 is 0 Å². The van der Waals surface area contributed by atoms with Crippen molar-refractivity contribution < 1.29 is 0 Å². The third kappa shape index (κ3) is 4.13. The zero-order chi connectivity index (χ0) is 10.2. The van der Waals surface area contributed by atoms with E-state index in [1.807, 2.05) is 0 Å². The van der Waals surface area contributed by atoms with Crippen LogP contribution in [0.1, 0.15) is 25.7 Å². The topological polar surface area (TPSA) is 75.8 Å². The molecule has 0 unspecified atom stereocenters. The lowest BCUT2D eigenvalue weighted by Gasteiger charge is -2.19. The van der Waals surface area contributed by atoms with E-state index in [-0.39, 0.29) is 0 Å². The van der Waals surface area contributed by atoms with E-state index in [9.17, 15) is 0 Å². The minimum absolute atomic E-state index is 0.562. The summed E-state index contributed by atoms with van der Waals surface area (Å²) in [4.78, 5) is 5.04. The Labute approximate surface area is 83.9 Å². The van der Waals surface area contributed by atoms with Gasteiger partial charge in [0, 0.05) is 30.5 Å². The lowest BCUT2D eigenvalue weighted by atomic mass is 10.3. The predicted molar refractivity (Wildman–Crippen MR) is 53.5 cm³/mol. The van der Waals surface area contributed by atoms with Gasteiger partial charge in [0.05, 0.1) is 6.07 Å². The van der Waals surface area contributed by atoms with Gasteiger partial charge >= 0.3 is 0 Å².